The van der Waals surface area contributed by atoms with Crippen LogP contribution in [0.15, 0.2) is 17.8 Å². The summed E-state index contributed by atoms with van der Waals surface area (Å²) in [4.78, 5) is 9.32. The lowest BCUT2D eigenvalue weighted by molar-refractivity contribution is 0.788. The number of hydrogen-bond donors (Lipinski definition) is 2. The summed E-state index contributed by atoms with van der Waals surface area (Å²) in [7, 11) is 1.93. The highest BCUT2D eigenvalue weighted by molar-refractivity contribution is 7.16. The number of aryl methyl sites for hydroxylation is 1. The number of nitrogens with two attached hydrogens (primary N) is 1. The maximum absolute atomic E-state index is 5.69. The van der Waals surface area contributed by atoms with E-state index in [0.717, 1.165) is 28.3 Å². The predicted octanol–water partition coefficient (Wildman–Crippen LogP) is 1.06. The molecule has 3 aromatic heterocycles. The second-order valence-corrected chi connectivity index (χ2v) is 5.00. The van der Waals surface area contributed by atoms with Crippen LogP contribution in [0.4, 0.5) is 11.8 Å². The van der Waals surface area contributed by atoms with E-state index in [1.54, 1.807) is 17.7 Å². The van der Waals surface area contributed by atoms with E-state index in [1.807, 2.05) is 23.1 Å². The van der Waals surface area contributed by atoms with Gasteiger partial charge in [-0.25, -0.2) is 4.98 Å². The number of anilines is 2. The van der Waals surface area contributed by atoms with E-state index in [-0.39, 0.29) is 5.95 Å². The number of nitrogen functional groups attached to an aromatic ring is 1. The molecule has 3 heterocycles. The molecule has 8 heteroatoms. The lowest BCUT2D eigenvalue weighted by Crippen LogP contribution is -2.10. The molecule has 0 spiro atoms. The number of aromatic nitrogens is 5. The van der Waals surface area contributed by atoms with Gasteiger partial charge in [0.05, 0.1) is 5.39 Å². The molecule has 0 unspecified atom stereocenters. The summed E-state index contributed by atoms with van der Waals surface area (Å²) in [5, 5.41) is 14.1. The fraction of sp³-hybridized carbons (Fsp3) is 0.273. The van der Waals surface area contributed by atoms with Crippen molar-refractivity contribution in [1.29, 1.82) is 0 Å². The second kappa shape index (κ2) is 4.81. The molecule has 0 saturated carbocycles. The molecule has 98 valence electrons. The van der Waals surface area contributed by atoms with E-state index in [4.69, 9.17) is 5.73 Å². The van der Waals surface area contributed by atoms with Crippen molar-refractivity contribution in [3.63, 3.8) is 0 Å². The summed E-state index contributed by atoms with van der Waals surface area (Å²) in [6.45, 7) is 0.716. The minimum Gasteiger partial charge on any atom is -0.369 e. The third-order valence-corrected chi connectivity index (χ3v) is 3.60. The Morgan fingerprint density at radius 3 is 3.11 bits per heavy atom. The van der Waals surface area contributed by atoms with Crippen LogP contribution >= 0.6 is 11.3 Å². The molecule has 0 saturated heterocycles. The summed E-state index contributed by atoms with van der Waals surface area (Å²) in [5.41, 5.74) is 5.69. The predicted molar refractivity (Wildman–Crippen MR) is 75.0 cm³/mol. The maximum Gasteiger partial charge on any atom is 0.223 e. The van der Waals surface area contributed by atoms with Crippen LogP contribution in [0.25, 0.3) is 10.2 Å². The fourth-order valence-electron chi connectivity index (χ4n) is 1.83. The first kappa shape index (κ1) is 11.8. The van der Waals surface area contributed by atoms with Gasteiger partial charge >= 0.3 is 0 Å². The summed E-state index contributed by atoms with van der Waals surface area (Å²) < 4.78 is 1.90. The highest BCUT2D eigenvalue weighted by Crippen LogP contribution is 2.25. The lowest BCUT2D eigenvalue weighted by atomic mass is 10.3. The zero-order valence-electron chi connectivity index (χ0n) is 10.4. The van der Waals surface area contributed by atoms with Crippen molar-refractivity contribution in [3.05, 3.63) is 23.6 Å². The van der Waals surface area contributed by atoms with E-state index < -0.39 is 0 Å². The van der Waals surface area contributed by atoms with Gasteiger partial charge in [0.25, 0.3) is 0 Å². The van der Waals surface area contributed by atoms with Gasteiger partial charge in [0, 0.05) is 20.0 Å². The quantitative estimate of drug-likeness (QED) is 0.739. The molecule has 0 aliphatic rings. The molecule has 0 atom stereocenters. The molecular formula is C11H13N7S. The minimum absolute atomic E-state index is 0.288. The van der Waals surface area contributed by atoms with Crippen LogP contribution in [0.2, 0.25) is 0 Å². The minimum atomic E-state index is 0.288. The second-order valence-electron chi connectivity index (χ2n) is 4.10. The largest absolute Gasteiger partial charge is 0.369 e. The molecule has 0 bridgehead atoms. The van der Waals surface area contributed by atoms with Crippen molar-refractivity contribution >= 4 is 33.3 Å². The van der Waals surface area contributed by atoms with Gasteiger partial charge < -0.3 is 15.6 Å². The molecule has 0 aliphatic carbocycles. The van der Waals surface area contributed by atoms with Crippen molar-refractivity contribution in [3.8, 4) is 0 Å². The van der Waals surface area contributed by atoms with Gasteiger partial charge in [-0.2, -0.15) is 4.98 Å². The van der Waals surface area contributed by atoms with Gasteiger partial charge in [0.1, 0.15) is 22.8 Å². The number of nitrogens with zero attached hydrogens (tertiary/aromatic N) is 5. The Labute approximate surface area is 113 Å². The smallest absolute Gasteiger partial charge is 0.223 e. The number of rotatable bonds is 4. The Morgan fingerprint density at radius 1 is 1.42 bits per heavy atom. The number of fused-ring (bicyclic) bond motifs is 1. The number of nitrogens with one attached hydrogen (secondary N) is 1. The van der Waals surface area contributed by atoms with Crippen molar-refractivity contribution < 1.29 is 0 Å². The molecule has 7 nitrogen and oxygen atoms in total. The highest BCUT2D eigenvalue weighted by atomic mass is 32.1. The topological polar surface area (TPSA) is 94.5 Å². The molecule has 0 fully saturated rings. The van der Waals surface area contributed by atoms with Crippen LogP contribution in [0.1, 0.15) is 5.82 Å². The third kappa shape index (κ3) is 2.34. The van der Waals surface area contributed by atoms with E-state index >= 15 is 0 Å². The van der Waals surface area contributed by atoms with Crippen LogP contribution in [-0.4, -0.2) is 31.3 Å². The Balaban J connectivity index is 1.75. The summed E-state index contributed by atoms with van der Waals surface area (Å²) in [6.07, 6.45) is 2.46. The monoisotopic (exact) mass is 275 g/mol. The first-order valence-electron chi connectivity index (χ1n) is 5.81. The molecule has 19 heavy (non-hydrogen) atoms. The molecule has 0 amide bonds. The first-order valence-corrected chi connectivity index (χ1v) is 6.69. The highest BCUT2D eigenvalue weighted by Gasteiger charge is 2.07. The Hall–Kier alpha value is -2.22. The van der Waals surface area contributed by atoms with Crippen LogP contribution in [-0.2, 0) is 13.5 Å². The van der Waals surface area contributed by atoms with Gasteiger partial charge in [0.2, 0.25) is 5.95 Å². The van der Waals surface area contributed by atoms with Gasteiger partial charge in [-0.1, -0.05) is 0 Å². The first-order chi connectivity index (χ1) is 9.24. The average Bonchev–Trinajstić information content (AvgIpc) is 2.98. The van der Waals surface area contributed by atoms with E-state index in [9.17, 15) is 0 Å². The van der Waals surface area contributed by atoms with Crippen LogP contribution in [0.5, 0.6) is 0 Å². The fourth-order valence-corrected chi connectivity index (χ4v) is 2.60. The maximum atomic E-state index is 5.69. The Bertz CT molecular complexity index is 702. The summed E-state index contributed by atoms with van der Waals surface area (Å²) >= 11 is 1.55. The average molecular weight is 275 g/mol. The number of hydrogen-bond acceptors (Lipinski definition) is 7. The van der Waals surface area contributed by atoms with Gasteiger partial charge in [-0.05, 0) is 11.4 Å². The molecule has 3 rings (SSSR count). The zero-order valence-corrected chi connectivity index (χ0v) is 11.2. The summed E-state index contributed by atoms with van der Waals surface area (Å²) in [6, 6.07) is 1.99. The molecule has 0 aromatic carbocycles. The van der Waals surface area contributed by atoms with Gasteiger partial charge in [0.15, 0.2) is 0 Å². The number of thiophene rings is 1. The van der Waals surface area contributed by atoms with Gasteiger partial charge in [-0.15, -0.1) is 21.5 Å². The van der Waals surface area contributed by atoms with Gasteiger partial charge in [-0.3, -0.25) is 0 Å². The Kier molecular flexibility index (Phi) is 3.00. The van der Waals surface area contributed by atoms with E-state index in [2.05, 4.69) is 25.5 Å². The van der Waals surface area contributed by atoms with Crippen LogP contribution in [0, 0.1) is 0 Å². The van der Waals surface area contributed by atoms with Crippen molar-refractivity contribution in [2.75, 3.05) is 17.6 Å². The molecule has 0 aliphatic heterocycles. The van der Waals surface area contributed by atoms with Crippen LogP contribution < -0.4 is 11.1 Å². The van der Waals surface area contributed by atoms with Crippen molar-refractivity contribution in [2.24, 2.45) is 7.05 Å². The third-order valence-electron chi connectivity index (χ3n) is 2.79. The normalized spacial score (nSPS) is 11.0. The van der Waals surface area contributed by atoms with Crippen molar-refractivity contribution in [2.45, 2.75) is 6.42 Å². The standard InChI is InChI=1S/C11H13N7S/c1-18-6-14-17-8(18)2-4-13-9-7-3-5-19-10(7)16-11(12)15-9/h3,5-6H,2,4H2,1H3,(H3,12,13,15,16). The molecular weight excluding hydrogens is 262 g/mol. The lowest BCUT2D eigenvalue weighted by Gasteiger charge is -2.07. The van der Waals surface area contributed by atoms with E-state index in [1.165, 1.54) is 0 Å². The zero-order chi connectivity index (χ0) is 13.2. The SMILES string of the molecule is Cn1cnnc1CCNc1nc(N)nc2sccc12. The molecule has 3 N–H and O–H groups in total. The van der Waals surface area contributed by atoms with Crippen molar-refractivity contribution in [1.82, 2.24) is 24.7 Å². The summed E-state index contributed by atoms with van der Waals surface area (Å²) in [5.74, 6) is 1.98. The molecule has 0 radical (unpaired) electrons. The van der Waals surface area contributed by atoms with E-state index in [0.29, 0.717) is 6.54 Å². The van der Waals surface area contributed by atoms with Crippen LogP contribution in [0.3, 0.4) is 0 Å². The Morgan fingerprint density at radius 2 is 2.32 bits per heavy atom. The molecule has 3 aromatic rings.